The highest BCUT2D eigenvalue weighted by molar-refractivity contribution is 5.49. The summed E-state index contributed by atoms with van der Waals surface area (Å²) in [5, 5.41) is 0. The van der Waals surface area contributed by atoms with Crippen LogP contribution >= 0.6 is 0 Å². The Morgan fingerprint density at radius 1 is 1.25 bits per heavy atom. The highest BCUT2D eigenvalue weighted by Gasteiger charge is 1.91. The van der Waals surface area contributed by atoms with Crippen molar-refractivity contribution in [3.8, 4) is 0 Å². The fraction of sp³-hybridized carbons (Fsp3) is 0.300. The van der Waals surface area contributed by atoms with E-state index in [-0.39, 0.29) is 13.2 Å². The lowest BCUT2D eigenvalue weighted by molar-refractivity contribution is -0.107. The Kier molecular flexibility index (Phi) is 4.93. The number of aldehydes is 1. The molecule has 0 aromatic heterocycles. The van der Waals surface area contributed by atoms with Gasteiger partial charge in [-0.05, 0) is 24.1 Å². The second-order valence-electron chi connectivity index (χ2n) is 2.33. The van der Waals surface area contributed by atoms with E-state index in [1.165, 1.54) is 12.1 Å². The van der Waals surface area contributed by atoms with Crippen molar-refractivity contribution in [2.45, 2.75) is 20.3 Å². The smallest absolute Gasteiger partial charge is 0.123 e. The molecule has 1 nitrogen and oxygen atoms in total. The molecular formula is C10H13FO. The zero-order chi connectivity index (χ0) is 8.10. The van der Waals surface area contributed by atoms with Crippen LogP contribution in [0.5, 0.6) is 0 Å². The topological polar surface area (TPSA) is 17.1 Å². The molecule has 1 aromatic rings. The van der Waals surface area contributed by atoms with Gasteiger partial charge in [0, 0.05) is 6.42 Å². The van der Waals surface area contributed by atoms with Gasteiger partial charge < -0.3 is 4.79 Å². The minimum Gasteiger partial charge on any atom is -0.303 e. The average molecular weight is 168 g/mol. The molecule has 0 amide bonds. The Labute approximate surface area is 72.2 Å². The Bertz CT molecular complexity index is 228. The van der Waals surface area contributed by atoms with E-state index < -0.39 is 0 Å². The molecule has 1 rings (SSSR count). The summed E-state index contributed by atoms with van der Waals surface area (Å²) in [5.41, 5.74) is 0.999. The number of hydrogen-bond donors (Lipinski definition) is 0. The van der Waals surface area contributed by atoms with Crippen molar-refractivity contribution in [3.63, 3.8) is 0 Å². The summed E-state index contributed by atoms with van der Waals surface area (Å²) in [7, 11) is 0. The lowest BCUT2D eigenvalue weighted by Gasteiger charge is -1.95. The van der Waals surface area contributed by atoms with Gasteiger partial charge in [0.2, 0.25) is 0 Å². The molecule has 0 saturated carbocycles. The Hall–Kier alpha value is -1.18. The molecule has 0 unspecified atom stereocenters. The standard InChI is InChI=1S/C9H9FO.CH4/c10-9-5-3-8(4-6-9)2-1-7-11;/h3-7H,1-2H2;1H4. The summed E-state index contributed by atoms with van der Waals surface area (Å²) in [6.07, 6.45) is 2.07. The van der Waals surface area contributed by atoms with E-state index in [9.17, 15) is 9.18 Å². The summed E-state index contributed by atoms with van der Waals surface area (Å²) < 4.78 is 12.3. The van der Waals surface area contributed by atoms with Crippen LogP contribution < -0.4 is 0 Å². The number of rotatable bonds is 3. The van der Waals surface area contributed by atoms with Gasteiger partial charge in [0.1, 0.15) is 12.1 Å². The van der Waals surface area contributed by atoms with Crippen LogP contribution in [0.25, 0.3) is 0 Å². The number of aryl methyl sites for hydroxylation is 1. The molecule has 0 heterocycles. The minimum atomic E-state index is -0.236. The summed E-state index contributed by atoms with van der Waals surface area (Å²) in [6.45, 7) is 0. The van der Waals surface area contributed by atoms with Crippen molar-refractivity contribution in [3.05, 3.63) is 35.6 Å². The van der Waals surface area contributed by atoms with E-state index in [1.54, 1.807) is 12.1 Å². The lowest BCUT2D eigenvalue weighted by Crippen LogP contribution is -1.85. The van der Waals surface area contributed by atoms with Crippen molar-refractivity contribution >= 4 is 6.29 Å². The second kappa shape index (κ2) is 5.47. The van der Waals surface area contributed by atoms with Crippen LogP contribution in [0.1, 0.15) is 19.4 Å². The van der Waals surface area contributed by atoms with Crippen LogP contribution in [0.2, 0.25) is 0 Å². The Morgan fingerprint density at radius 3 is 2.33 bits per heavy atom. The van der Waals surface area contributed by atoms with Gasteiger partial charge in [0.05, 0.1) is 0 Å². The molecule has 0 aliphatic carbocycles. The molecule has 0 N–H and O–H groups in total. The predicted molar refractivity (Wildman–Crippen MR) is 47.5 cm³/mol. The molecule has 0 saturated heterocycles. The van der Waals surface area contributed by atoms with Crippen molar-refractivity contribution in [2.24, 2.45) is 0 Å². The molecular weight excluding hydrogens is 155 g/mol. The van der Waals surface area contributed by atoms with Gasteiger partial charge >= 0.3 is 0 Å². The summed E-state index contributed by atoms with van der Waals surface area (Å²) in [6, 6.07) is 6.19. The summed E-state index contributed by atoms with van der Waals surface area (Å²) in [4.78, 5) is 9.97. The van der Waals surface area contributed by atoms with Crippen LogP contribution in [-0.4, -0.2) is 6.29 Å². The van der Waals surface area contributed by atoms with E-state index in [0.717, 1.165) is 11.8 Å². The zero-order valence-electron chi connectivity index (χ0n) is 6.09. The molecule has 66 valence electrons. The highest BCUT2D eigenvalue weighted by atomic mass is 19.1. The molecule has 0 fully saturated rings. The maximum Gasteiger partial charge on any atom is 0.123 e. The SMILES string of the molecule is C.O=CCCc1ccc(F)cc1. The largest absolute Gasteiger partial charge is 0.303 e. The number of carbonyl (C=O) groups excluding carboxylic acids is 1. The molecule has 0 aliphatic heterocycles. The van der Waals surface area contributed by atoms with Crippen molar-refractivity contribution in [1.82, 2.24) is 0 Å². The van der Waals surface area contributed by atoms with E-state index in [4.69, 9.17) is 0 Å². The first-order valence-corrected chi connectivity index (χ1v) is 3.51. The number of hydrogen-bond acceptors (Lipinski definition) is 1. The molecule has 0 aliphatic rings. The van der Waals surface area contributed by atoms with Gasteiger partial charge in [-0.1, -0.05) is 19.6 Å². The zero-order valence-corrected chi connectivity index (χ0v) is 6.09. The van der Waals surface area contributed by atoms with Crippen LogP contribution in [0.15, 0.2) is 24.3 Å². The third-order valence-electron chi connectivity index (χ3n) is 1.46. The third-order valence-corrected chi connectivity index (χ3v) is 1.46. The molecule has 1 aromatic carbocycles. The fourth-order valence-electron chi connectivity index (χ4n) is 0.877. The maximum absolute atomic E-state index is 12.3. The first-order valence-electron chi connectivity index (χ1n) is 3.51. The summed E-state index contributed by atoms with van der Waals surface area (Å²) >= 11 is 0. The monoisotopic (exact) mass is 168 g/mol. The highest BCUT2D eigenvalue weighted by Crippen LogP contribution is 2.03. The molecule has 0 radical (unpaired) electrons. The quantitative estimate of drug-likeness (QED) is 0.634. The maximum atomic E-state index is 12.3. The normalized spacial score (nSPS) is 8.75. The Balaban J connectivity index is 0.00000121. The fourth-order valence-corrected chi connectivity index (χ4v) is 0.877. The average Bonchev–Trinajstić information content (AvgIpc) is 2.04. The van der Waals surface area contributed by atoms with Gasteiger partial charge in [-0.15, -0.1) is 0 Å². The Morgan fingerprint density at radius 2 is 1.83 bits per heavy atom. The van der Waals surface area contributed by atoms with Gasteiger partial charge in [-0.3, -0.25) is 0 Å². The number of benzene rings is 1. The van der Waals surface area contributed by atoms with Gasteiger partial charge in [0.25, 0.3) is 0 Å². The van der Waals surface area contributed by atoms with Gasteiger partial charge in [0.15, 0.2) is 0 Å². The first-order chi connectivity index (χ1) is 5.33. The molecule has 0 bridgehead atoms. The van der Waals surface area contributed by atoms with Crippen molar-refractivity contribution in [2.75, 3.05) is 0 Å². The lowest BCUT2D eigenvalue weighted by atomic mass is 10.1. The van der Waals surface area contributed by atoms with E-state index in [0.29, 0.717) is 12.8 Å². The summed E-state index contributed by atoms with van der Waals surface area (Å²) in [5.74, 6) is -0.236. The predicted octanol–water partition coefficient (Wildman–Crippen LogP) is 2.59. The van der Waals surface area contributed by atoms with Crippen molar-refractivity contribution in [1.29, 1.82) is 0 Å². The van der Waals surface area contributed by atoms with Crippen LogP contribution in [0, 0.1) is 5.82 Å². The molecule has 0 spiro atoms. The third kappa shape index (κ3) is 3.28. The van der Waals surface area contributed by atoms with Crippen LogP contribution in [0.4, 0.5) is 4.39 Å². The van der Waals surface area contributed by atoms with E-state index in [2.05, 4.69) is 0 Å². The van der Waals surface area contributed by atoms with Crippen molar-refractivity contribution < 1.29 is 9.18 Å². The van der Waals surface area contributed by atoms with Gasteiger partial charge in [-0.2, -0.15) is 0 Å². The second-order valence-corrected chi connectivity index (χ2v) is 2.33. The van der Waals surface area contributed by atoms with Crippen LogP contribution in [0.3, 0.4) is 0 Å². The van der Waals surface area contributed by atoms with Gasteiger partial charge in [-0.25, -0.2) is 4.39 Å². The molecule has 2 heteroatoms. The molecule has 0 atom stereocenters. The molecule has 12 heavy (non-hydrogen) atoms. The minimum absolute atomic E-state index is 0. The van der Waals surface area contributed by atoms with Crippen LogP contribution in [-0.2, 0) is 11.2 Å². The van der Waals surface area contributed by atoms with E-state index >= 15 is 0 Å². The van der Waals surface area contributed by atoms with E-state index in [1.807, 2.05) is 0 Å². The number of carbonyl (C=O) groups is 1. The first kappa shape index (κ1) is 10.8. The number of halogens is 1.